The molecule has 0 aliphatic rings. The molecule has 3 N–H and O–H groups in total. The second kappa shape index (κ2) is 7.87. The summed E-state index contributed by atoms with van der Waals surface area (Å²) < 4.78 is 0. The highest BCUT2D eigenvalue weighted by Crippen LogP contribution is 2.32. The van der Waals surface area contributed by atoms with Gasteiger partial charge in [0.15, 0.2) is 0 Å². The summed E-state index contributed by atoms with van der Waals surface area (Å²) in [5.41, 5.74) is 5.69. The molecule has 3 nitrogen and oxygen atoms in total. The molecule has 0 aliphatic heterocycles. The molecule has 1 aromatic rings. The van der Waals surface area contributed by atoms with E-state index in [2.05, 4.69) is 0 Å². The molecule has 15 heavy (non-hydrogen) atoms. The van der Waals surface area contributed by atoms with E-state index in [0.29, 0.717) is 12.1 Å². The van der Waals surface area contributed by atoms with E-state index in [-0.39, 0.29) is 12.4 Å². The molecule has 0 heterocycles. The van der Waals surface area contributed by atoms with Crippen molar-refractivity contribution in [3.05, 3.63) is 29.8 Å². The van der Waals surface area contributed by atoms with Crippen molar-refractivity contribution in [1.29, 1.82) is 0 Å². The molecule has 0 spiro atoms. The fourth-order valence-electron chi connectivity index (χ4n) is 0.869. The van der Waals surface area contributed by atoms with Crippen molar-refractivity contribution < 1.29 is 9.90 Å². The van der Waals surface area contributed by atoms with Crippen LogP contribution in [-0.4, -0.2) is 23.4 Å². The van der Waals surface area contributed by atoms with Crippen LogP contribution in [0, 0.1) is 0 Å². The molecule has 0 bridgehead atoms. The molecule has 84 valence electrons. The Morgan fingerprint density at radius 1 is 1.40 bits per heavy atom. The first-order chi connectivity index (χ1) is 6.75. The van der Waals surface area contributed by atoms with Gasteiger partial charge in [0.05, 0.1) is 5.56 Å². The zero-order valence-electron chi connectivity index (χ0n) is 7.88. The molecular formula is C9H12ClNO2S2. The highest BCUT2D eigenvalue weighted by molar-refractivity contribution is 8.76. The molecule has 0 fully saturated rings. The van der Waals surface area contributed by atoms with E-state index in [9.17, 15) is 4.79 Å². The minimum Gasteiger partial charge on any atom is -0.478 e. The summed E-state index contributed by atoms with van der Waals surface area (Å²) in [6.07, 6.45) is 0. The van der Waals surface area contributed by atoms with E-state index in [0.717, 1.165) is 10.6 Å². The predicted molar refractivity (Wildman–Crippen MR) is 68.0 cm³/mol. The molecule has 0 radical (unpaired) electrons. The predicted octanol–water partition coefficient (Wildman–Crippen LogP) is 2.51. The second-order valence-corrected chi connectivity index (χ2v) is 4.95. The quantitative estimate of drug-likeness (QED) is 0.633. The van der Waals surface area contributed by atoms with Crippen molar-refractivity contribution in [3.8, 4) is 0 Å². The summed E-state index contributed by atoms with van der Waals surface area (Å²) in [4.78, 5) is 11.6. The van der Waals surface area contributed by atoms with Gasteiger partial charge in [-0.15, -0.1) is 12.4 Å². The summed E-state index contributed by atoms with van der Waals surface area (Å²) in [6, 6.07) is 6.96. The molecule has 0 saturated carbocycles. The number of benzene rings is 1. The number of halogens is 1. The van der Waals surface area contributed by atoms with Gasteiger partial charge in [-0.05, 0) is 12.1 Å². The summed E-state index contributed by atoms with van der Waals surface area (Å²) in [7, 11) is 3.02. The second-order valence-electron chi connectivity index (χ2n) is 2.50. The zero-order chi connectivity index (χ0) is 10.4. The van der Waals surface area contributed by atoms with Crippen molar-refractivity contribution in [1.82, 2.24) is 0 Å². The third-order valence-corrected chi connectivity index (χ3v) is 3.92. The van der Waals surface area contributed by atoms with Crippen LogP contribution in [0.4, 0.5) is 0 Å². The third-order valence-electron chi connectivity index (χ3n) is 1.47. The first-order valence-electron chi connectivity index (χ1n) is 4.07. The van der Waals surface area contributed by atoms with Gasteiger partial charge >= 0.3 is 5.97 Å². The van der Waals surface area contributed by atoms with Crippen molar-refractivity contribution in [3.63, 3.8) is 0 Å². The normalized spacial score (nSPS) is 9.40. The van der Waals surface area contributed by atoms with Gasteiger partial charge in [0.2, 0.25) is 0 Å². The molecule has 0 aliphatic carbocycles. The Morgan fingerprint density at radius 2 is 2.07 bits per heavy atom. The van der Waals surface area contributed by atoms with E-state index in [4.69, 9.17) is 10.8 Å². The van der Waals surface area contributed by atoms with Crippen molar-refractivity contribution in [2.24, 2.45) is 5.73 Å². The van der Waals surface area contributed by atoms with Gasteiger partial charge in [-0.2, -0.15) is 0 Å². The molecule has 6 heteroatoms. The topological polar surface area (TPSA) is 63.3 Å². The number of aromatic carboxylic acids is 1. The van der Waals surface area contributed by atoms with E-state index in [1.807, 2.05) is 6.07 Å². The average molecular weight is 266 g/mol. The number of carboxylic acids is 1. The van der Waals surface area contributed by atoms with Gasteiger partial charge in [-0.1, -0.05) is 33.7 Å². The van der Waals surface area contributed by atoms with Gasteiger partial charge < -0.3 is 10.8 Å². The Hall–Kier alpha value is -0.360. The monoisotopic (exact) mass is 265 g/mol. The first-order valence-corrected chi connectivity index (χ1v) is 6.39. The van der Waals surface area contributed by atoms with Gasteiger partial charge in [0.25, 0.3) is 0 Å². The van der Waals surface area contributed by atoms with Crippen molar-refractivity contribution in [2.75, 3.05) is 12.3 Å². The van der Waals surface area contributed by atoms with E-state index in [1.54, 1.807) is 29.0 Å². The van der Waals surface area contributed by atoms with Crippen LogP contribution >= 0.6 is 34.0 Å². The molecule has 0 saturated heterocycles. The lowest BCUT2D eigenvalue weighted by Crippen LogP contribution is -2.00. The lowest BCUT2D eigenvalue weighted by atomic mass is 10.2. The molecule has 1 aromatic carbocycles. The van der Waals surface area contributed by atoms with Crippen molar-refractivity contribution >= 4 is 40.0 Å². The number of hydrogen-bond acceptors (Lipinski definition) is 4. The van der Waals surface area contributed by atoms with Crippen LogP contribution in [-0.2, 0) is 0 Å². The number of carboxylic acid groups (broad SMARTS) is 1. The van der Waals surface area contributed by atoms with Crippen LogP contribution in [0.3, 0.4) is 0 Å². The van der Waals surface area contributed by atoms with E-state index >= 15 is 0 Å². The van der Waals surface area contributed by atoms with E-state index < -0.39 is 5.97 Å². The van der Waals surface area contributed by atoms with Crippen LogP contribution in [0.2, 0.25) is 0 Å². The largest absolute Gasteiger partial charge is 0.478 e. The summed E-state index contributed by atoms with van der Waals surface area (Å²) in [6.45, 7) is 0.604. The van der Waals surface area contributed by atoms with Crippen LogP contribution in [0.5, 0.6) is 0 Å². The third kappa shape index (κ3) is 4.79. The van der Waals surface area contributed by atoms with Gasteiger partial charge in [-0.25, -0.2) is 4.79 Å². The van der Waals surface area contributed by atoms with Crippen LogP contribution in [0.1, 0.15) is 10.4 Å². The molecule has 0 atom stereocenters. The minimum absolute atomic E-state index is 0. The Labute approximate surface area is 103 Å². The number of rotatable bonds is 5. The number of hydrogen-bond donors (Lipinski definition) is 2. The lowest BCUT2D eigenvalue weighted by molar-refractivity contribution is 0.0693. The Balaban J connectivity index is 0.00000196. The van der Waals surface area contributed by atoms with Crippen molar-refractivity contribution in [2.45, 2.75) is 4.90 Å². The molecule has 0 amide bonds. The Bertz CT molecular complexity index is 323. The molecular weight excluding hydrogens is 254 g/mol. The highest BCUT2D eigenvalue weighted by Gasteiger charge is 2.08. The standard InChI is InChI=1S/C9H11NO2S2.ClH/c10-5-6-13-14-8-4-2-1-3-7(8)9(11)12;/h1-4H,5-6,10H2,(H,11,12);1H. The van der Waals surface area contributed by atoms with Crippen LogP contribution in [0.15, 0.2) is 29.2 Å². The smallest absolute Gasteiger partial charge is 0.336 e. The Morgan fingerprint density at radius 3 is 2.67 bits per heavy atom. The minimum atomic E-state index is -0.888. The maximum Gasteiger partial charge on any atom is 0.336 e. The maximum absolute atomic E-state index is 10.8. The summed E-state index contributed by atoms with van der Waals surface area (Å²) in [5, 5.41) is 8.87. The summed E-state index contributed by atoms with van der Waals surface area (Å²) in [5.74, 6) is -0.0695. The Kier molecular flexibility index (Phi) is 7.68. The van der Waals surface area contributed by atoms with Gasteiger partial charge in [0.1, 0.15) is 0 Å². The molecule has 1 rings (SSSR count). The molecule has 0 aromatic heterocycles. The van der Waals surface area contributed by atoms with Crippen LogP contribution < -0.4 is 5.73 Å². The SMILES string of the molecule is Cl.NCCSSc1ccccc1C(=O)O. The molecule has 0 unspecified atom stereocenters. The van der Waals surface area contributed by atoms with Gasteiger partial charge in [0, 0.05) is 17.2 Å². The highest BCUT2D eigenvalue weighted by atomic mass is 35.5. The zero-order valence-corrected chi connectivity index (χ0v) is 10.3. The lowest BCUT2D eigenvalue weighted by Gasteiger charge is -2.03. The average Bonchev–Trinajstić information content (AvgIpc) is 2.19. The maximum atomic E-state index is 10.8. The fourth-order valence-corrected chi connectivity index (χ4v) is 2.91. The first kappa shape index (κ1) is 14.6. The summed E-state index contributed by atoms with van der Waals surface area (Å²) >= 11 is 0. The van der Waals surface area contributed by atoms with Gasteiger partial charge in [-0.3, -0.25) is 0 Å². The fraction of sp³-hybridized carbons (Fsp3) is 0.222. The van der Waals surface area contributed by atoms with E-state index in [1.165, 1.54) is 10.8 Å². The number of nitrogens with two attached hydrogens (primary N) is 1. The number of carbonyl (C=O) groups is 1. The van der Waals surface area contributed by atoms with Crippen LogP contribution in [0.25, 0.3) is 0 Å².